The van der Waals surface area contributed by atoms with Gasteiger partial charge in [-0.15, -0.1) is 0 Å². The molecule has 0 aliphatic carbocycles. The van der Waals surface area contributed by atoms with Crippen LogP contribution in [0.5, 0.6) is 5.75 Å². The number of halogens is 2. The Labute approximate surface area is 174 Å². The maximum atomic E-state index is 12.7. The first-order valence-corrected chi connectivity index (χ1v) is 10.0. The number of carbonyl (C=O) groups is 2. The van der Waals surface area contributed by atoms with Crippen LogP contribution < -0.4 is 15.0 Å². The van der Waals surface area contributed by atoms with E-state index < -0.39 is 6.04 Å². The predicted octanol–water partition coefficient (Wildman–Crippen LogP) is 4.25. The smallest absolute Gasteiger partial charge is 0.251 e. The number of ether oxygens (including phenoxy) is 1. The van der Waals surface area contributed by atoms with E-state index >= 15 is 0 Å². The molecule has 1 heterocycles. The first kappa shape index (κ1) is 20.6. The predicted molar refractivity (Wildman–Crippen MR) is 111 cm³/mol. The van der Waals surface area contributed by atoms with Gasteiger partial charge in [-0.1, -0.05) is 36.2 Å². The summed E-state index contributed by atoms with van der Waals surface area (Å²) in [6, 6.07) is 11.8. The third kappa shape index (κ3) is 4.85. The molecule has 148 valence electrons. The van der Waals surface area contributed by atoms with Gasteiger partial charge in [-0.2, -0.15) is 0 Å². The van der Waals surface area contributed by atoms with Crippen molar-refractivity contribution in [2.45, 2.75) is 32.2 Å². The molecule has 1 atom stereocenters. The summed E-state index contributed by atoms with van der Waals surface area (Å²) in [4.78, 5) is 26.3. The van der Waals surface area contributed by atoms with E-state index in [0.717, 1.165) is 17.7 Å². The maximum absolute atomic E-state index is 12.7. The third-order valence-electron chi connectivity index (χ3n) is 4.51. The zero-order chi connectivity index (χ0) is 20.1. The lowest BCUT2D eigenvalue weighted by Gasteiger charge is -2.16. The second kappa shape index (κ2) is 9.41. The van der Waals surface area contributed by atoms with Gasteiger partial charge in [0, 0.05) is 10.0 Å². The highest BCUT2D eigenvalue weighted by atomic mass is 35.5. The average molecular weight is 421 g/mol. The number of rotatable bonds is 8. The molecule has 2 aromatic rings. The minimum absolute atomic E-state index is 0.140. The van der Waals surface area contributed by atoms with E-state index in [9.17, 15) is 9.59 Å². The number of nitrogens with zero attached hydrogens (tertiary/aromatic N) is 1. The number of carbonyl (C=O) groups excluding carboxylic acids is 2. The van der Waals surface area contributed by atoms with Crippen LogP contribution in [0.25, 0.3) is 0 Å². The van der Waals surface area contributed by atoms with Crippen LogP contribution in [-0.2, 0) is 16.0 Å². The zero-order valence-electron chi connectivity index (χ0n) is 15.6. The summed E-state index contributed by atoms with van der Waals surface area (Å²) in [5.74, 6) is 0.267. The van der Waals surface area contributed by atoms with Gasteiger partial charge in [0.1, 0.15) is 5.75 Å². The SMILES string of the molecule is CCCOc1ccc(N2C(=O)CC(NCCc3ccc(Cl)cc3Cl)C2=O)cc1. The van der Waals surface area contributed by atoms with E-state index in [0.29, 0.717) is 35.3 Å². The molecule has 3 rings (SSSR count). The number of nitrogens with one attached hydrogen (secondary N) is 1. The molecule has 1 aliphatic rings. The number of hydrogen-bond acceptors (Lipinski definition) is 4. The molecule has 1 N–H and O–H groups in total. The van der Waals surface area contributed by atoms with Crippen molar-refractivity contribution in [1.29, 1.82) is 0 Å². The Morgan fingerprint density at radius 3 is 2.57 bits per heavy atom. The average Bonchev–Trinajstić information content (AvgIpc) is 2.96. The first-order valence-electron chi connectivity index (χ1n) is 9.26. The lowest BCUT2D eigenvalue weighted by molar-refractivity contribution is -0.121. The molecule has 7 heteroatoms. The van der Waals surface area contributed by atoms with Crippen LogP contribution in [0.2, 0.25) is 10.0 Å². The van der Waals surface area contributed by atoms with Gasteiger partial charge in [-0.25, -0.2) is 4.90 Å². The van der Waals surface area contributed by atoms with Crippen LogP contribution in [0.1, 0.15) is 25.3 Å². The molecule has 0 saturated carbocycles. The third-order valence-corrected chi connectivity index (χ3v) is 5.10. The number of benzene rings is 2. The van der Waals surface area contributed by atoms with Gasteiger partial charge in [0.2, 0.25) is 5.91 Å². The van der Waals surface area contributed by atoms with Gasteiger partial charge < -0.3 is 10.1 Å². The molecule has 1 unspecified atom stereocenters. The Hall–Kier alpha value is -2.08. The highest BCUT2D eigenvalue weighted by Crippen LogP contribution is 2.26. The van der Waals surface area contributed by atoms with Crippen molar-refractivity contribution in [3.63, 3.8) is 0 Å². The van der Waals surface area contributed by atoms with Crippen LogP contribution in [-0.4, -0.2) is 31.0 Å². The molecule has 5 nitrogen and oxygen atoms in total. The molecule has 0 aromatic heterocycles. The van der Waals surface area contributed by atoms with Crippen molar-refractivity contribution in [3.05, 3.63) is 58.1 Å². The van der Waals surface area contributed by atoms with Gasteiger partial charge in [-0.3, -0.25) is 9.59 Å². The summed E-state index contributed by atoms with van der Waals surface area (Å²) in [6.07, 6.45) is 1.69. The molecule has 2 amide bonds. The molecule has 1 aliphatic heterocycles. The summed E-state index contributed by atoms with van der Waals surface area (Å²) in [5.41, 5.74) is 1.50. The summed E-state index contributed by atoms with van der Waals surface area (Å²) in [6.45, 7) is 3.19. The molecular formula is C21H22Cl2N2O3. The molecule has 2 aromatic carbocycles. The lowest BCUT2D eigenvalue weighted by Crippen LogP contribution is -2.39. The zero-order valence-corrected chi connectivity index (χ0v) is 17.1. The van der Waals surface area contributed by atoms with Gasteiger partial charge in [0.15, 0.2) is 0 Å². The molecule has 0 bridgehead atoms. The Morgan fingerprint density at radius 1 is 1.14 bits per heavy atom. The van der Waals surface area contributed by atoms with Crippen LogP contribution in [0.15, 0.2) is 42.5 Å². The standard InChI is InChI=1S/C21H22Cl2N2O3/c1-2-11-28-17-7-5-16(6-8-17)25-20(26)13-19(21(25)27)24-10-9-14-3-4-15(22)12-18(14)23/h3-8,12,19,24H,2,9-11,13H2,1H3. The van der Waals surface area contributed by atoms with E-state index in [-0.39, 0.29) is 18.2 Å². The van der Waals surface area contributed by atoms with E-state index in [2.05, 4.69) is 5.32 Å². The summed E-state index contributed by atoms with van der Waals surface area (Å²) in [5, 5.41) is 4.34. The van der Waals surface area contributed by atoms with Gasteiger partial charge in [0.05, 0.1) is 24.8 Å². The van der Waals surface area contributed by atoms with Crippen molar-refractivity contribution >= 4 is 40.7 Å². The van der Waals surface area contributed by atoms with Gasteiger partial charge >= 0.3 is 0 Å². The Bertz CT molecular complexity index is 855. The summed E-state index contributed by atoms with van der Waals surface area (Å²) < 4.78 is 5.54. The quantitative estimate of drug-likeness (QED) is 0.648. The van der Waals surface area contributed by atoms with Crippen molar-refractivity contribution in [2.75, 3.05) is 18.1 Å². The minimum Gasteiger partial charge on any atom is -0.494 e. The largest absolute Gasteiger partial charge is 0.494 e. The van der Waals surface area contributed by atoms with Gasteiger partial charge in [0.25, 0.3) is 5.91 Å². The fourth-order valence-electron chi connectivity index (χ4n) is 3.08. The highest BCUT2D eigenvalue weighted by Gasteiger charge is 2.39. The number of amides is 2. The van der Waals surface area contributed by atoms with E-state index in [4.69, 9.17) is 27.9 Å². The topological polar surface area (TPSA) is 58.6 Å². The monoisotopic (exact) mass is 420 g/mol. The van der Waals surface area contributed by atoms with Crippen LogP contribution in [0.4, 0.5) is 5.69 Å². The maximum Gasteiger partial charge on any atom is 0.251 e. The van der Waals surface area contributed by atoms with Crippen molar-refractivity contribution < 1.29 is 14.3 Å². The number of anilines is 1. The lowest BCUT2D eigenvalue weighted by atomic mass is 10.1. The van der Waals surface area contributed by atoms with Crippen LogP contribution in [0.3, 0.4) is 0 Å². The Morgan fingerprint density at radius 2 is 1.89 bits per heavy atom. The molecular weight excluding hydrogens is 399 g/mol. The second-order valence-corrected chi connectivity index (χ2v) is 7.45. The van der Waals surface area contributed by atoms with Crippen LogP contribution in [0, 0.1) is 0 Å². The highest BCUT2D eigenvalue weighted by molar-refractivity contribution is 6.35. The van der Waals surface area contributed by atoms with Crippen molar-refractivity contribution in [2.24, 2.45) is 0 Å². The molecule has 0 spiro atoms. The number of hydrogen-bond donors (Lipinski definition) is 1. The van der Waals surface area contributed by atoms with Gasteiger partial charge in [-0.05, 0) is 61.3 Å². The van der Waals surface area contributed by atoms with E-state index in [1.165, 1.54) is 4.90 Å². The summed E-state index contributed by atoms with van der Waals surface area (Å²) >= 11 is 12.1. The fraction of sp³-hybridized carbons (Fsp3) is 0.333. The van der Waals surface area contributed by atoms with E-state index in [1.807, 2.05) is 13.0 Å². The summed E-state index contributed by atoms with van der Waals surface area (Å²) in [7, 11) is 0. The van der Waals surface area contributed by atoms with Crippen molar-refractivity contribution in [1.82, 2.24) is 5.32 Å². The Kier molecular flexibility index (Phi) is 6.94. The normalized spacial score (nSPS) is 16.7. The molecule has 1 saturated heterocycles. The van der Waals surface area contributed by atoms with Crippen molar-refractivity contribution in [3.8, 4) is 5.75 Å². The first-order chi connectivity index (χ1) is 13.5. The molecule has 1 fully saturated rings. The van der Waals surface area contributed by atoms with E-state index in [1.54, 1.807) is 36.4 Å². The molecule has 0 radical (unpaired) electrons. The van der Waals surface area contributed by atoms with Crippen LogP contribution >= 0.6 is 23.2 Å². The fourth-order valence-corrected chi connectivity index (χ4v) is 3.58. The molecule has 28 heavy (non-hydrogen) atoms. The minimum atomic E-state index is -0.533. The number of imide groups is 1. The Balaban J connectivity index is 1.58. The second-order valence-electron chi connectivity index (χ2n) is 6.61.